The highest BCUT2D eigenvalue weighted by molar-refractivity contribution is 5.97. The molecule has 28 heavy (non-hydrogen) atoms. The van der Waals surface area contributed by atoms with Crippen molar-refractivity contribution in [3.8, 4) is 0 Å². The van der Waals surface area contributed by atoms with Crippen LogP contribution >= 0.6 is 0 Å². The average Bonchev–Trinajstić information content (AvgIpc) is 3.49. The summed E-state index contributed by atoms with van der Waals surface area (Å²) >= 11 is 0. The van der Waals surface area contributed by atoms with Gasteiger partial charge in [-0.25, -0.2) is 8.78 Å². The second-order valence-electron chi connectivity index (χ2n) is 7.23. The zero-order valence-electron chi connectivity index (χ0n) is 15.0. The first-order valence-electron chi connectivity index (χ1n) is 9.15. The Morgan fingerprint density at radius 3 is 2.54 bits per heavy atom. The molecule has 1 N–H and O–H groups in total. The maximum absolute atomic E-state index is 14.1. The number of amides is 1. The number of H-pyrrole nitrogens is 1. The lowest BCUT2D eigenvalue weighted by molar-refractivity contribution is 0.0880. The minimum atomic E-state index is -0.881. The summed E-state index contributed by atoms with van der Waals surface area (Å²) in [5, 5.41) is 7.24. The molecule has 1 aromatic heterocycles. The second kappa shape index (κ2) is 6.12. The molecule has 2 aliphatic rings. The van der Waals surface area contributed by atoms with Crippen LogP contribution in [0.3, 0.4) is 0 Å². The van der Waals surface area contributed by atoms with Crippen LogP contribution in [0, 0.1) is 11.6 Å². The lowest BCUT2D eigenvalue weighted by Crippen LogP contribution is -2.31. The largest absolute Gasteiger partial charge is 0.334 e. The summed E-state index contributed by atoms with van der Waals surface area (Å²) in [6.45, 7) is 1.51. The topological polar surface area (TPSA) is 48.8 Å². The first-order valence-corrected chi connectivity index (χ1v) is 9.15. The summed E-state index contributed by atoms with van der Waals surface area (Å²) in [7, 11) is 0. The van der Waals surface area contributed by atoms with Crippen molar-refractivity contribution in [3.63, 3.8) is 0 Å². The molecular weight excluding hydrogens is 360 g/mol. The molecular formula is C22H17F2N3O. The fourth-order valence-corrected chi connectivity index (χ4v) is 3.90. The number of nitrogens with one attached hydrogen (secondary N) is 1. The molecule has 2 heterocycles. The van der Waals surface area contributed by atoms with E-state index >= 15 is 0 Å². The Hall–Kier alpha value is -3.28. The third kappa shape index (κ3) is 2.56. The van der Waals surface area contributed by atoms with E-state index in [1.165, 1.54) is 6.07 Å². The van der Waals surface area contributed by atoms with Gasteiger partial charge in [0.1, 0.15) is 0 Å². The van der Waals surface area contributed by atoms with E-state index in [0.29, 0.717) is 17.7 Å². The zero-order valence-corrected chi connectivity index (χ0v) is 15.0. The highest BCUT2D eigenvalue weighted by Gasteiger charge is 2.38. The number of allylic oxidation sites excluding steroid dienone is 1. The molecule has 2 aromatic carbocycles. The number of hydrogen-bond acceptors (Lipinski definition) is 2. The quantitative estimate of drug-likeness (QED) is 0.708. The molecule has 1 saturated heterocycles. The number of carbonyl (C=O) groups is 1. The molecule has 1 amide bonds. The average molecular weight is 377 g/mol. The van der Waals surface area contributed by atoms with Gasteiger partial charge < -0.3 is 4.90 Å². The number of carbonyl (C=O) groups excluding carboxylic acids is 1. The number of hydrogen-bond donors (Lipinski definition) is 1. The normalized spacial score (nSPS) is 20.1. The molecule has 3 aromatic rings. The van der Waals surface area contributed by atoms with Gasteiger partial charge in [0.15, 0.2) is 17.3 Å². The van der Waals surface area contributed by atoms with Gasteiger partial charge in [-0.1, -0.05) is 48.6 Å². The summed E-state index contributed by atoms with van der Waals surface area (Å²) < 4.78 is 27.6. The number of rotatable bonds is 3. The van der Waals surface area contributed by atoms with Crippen molar-refractivity contribution in [2.45, 2.75) is 11.8 Å². The number of aromatic nitrogens is 2. The lowest BCUT2D eigenvalue weighted by Gasteiger charge is -2.34. The number of nitrogens with zero attached hydrogens (tertiary/aromatic N) is 2. The molecule has 0 radical (unpaired) electrons. The van der Waals surface area contributed by atoms with Gasteiger partial charge in [-0.05, 0) is 23.3 Å². The van der Waals surface area contributed by atoms with Crippen molar-refractivity contribution in [2.75, 3.05) is 13.1 Å². The zero-order chi connectivity index (χ0) is 19.3. The van der Waals surface area contributed by atoms with Crippen molar-refractivity contribution in [2.24, 2.45) is 0 Å². The van der Waals surface area contributed by atoms with Crippen LogP contribution in [0.1, 0.15) is 32.9 Å². The van der Waals surface area contributed by atoms with Crippen LogP contribution < -0.4 is 0 Å². The molecule has 1 atom stereocenters. The Kier molecular flexibility index (Phi) is 3.69. The van der Waals surface area contributed by atoms with Crippen molar-refractivity contribution in [3.05, 3.63) is 94.3 Å². The molecule has 0 saturated carbocycles. The molecule has 140 valence electrons. The summed E-state index contributed by atoms with van der Waals surface area (Å²) in [4.78, 5) is 14.2. The Balaban J connectivity index is 1.65. The Labute approximate surface area is 160 Å². The van der Waals surface area contributed by atoms with E-state index in [1.807, 2.05) is 42.5 Å². The molecule has 5 rings (SSSR count). The summed E-state index contributed by atoms with van der Waals surface area (Å²) in [6, 6.07) is 13.7. The minimum absolute atomic E-state index is 0.0813. The summed E-state index contributed by atoms with van der Waals surface area (Å²) in [6.07, 6.45) is 4.30. The van der Waals surface area contributed by atoms with E-state index in [1.54, 1.807) is 11.0 Å². The molecule has 1 aliphatic heterocycles. The molecule has 1 fully saturated rings. The number of aromatic amines is 1. The smallest absolute Gasteiger partial charge is 0.275 e. The maximum atomic E-state index is 14.1. The highest BCUT2D eigenvalue weighted by Crippen LogP contribution is 2.42. The van der Waals surface area contributed by atoms with Crippen LogP contribution in [0.5, 0.6) is 0 Å². The fraction of sp³-hybridized carbons (Fsp3) is 0.182. The standard InChI is InChI=1S/C22H17F2N3O/c23-17-7-6-15(12-18(17)24)22(14-4-2-1-3-5-14)9-8-16-19(13-22)25-26-20(16)21(28)27-10-11-27/h1-9,12H,10-11,13H2,(H,25,26). The van der Waals surface area contributed by atoms with Crippen LogP contribution in [0.15, 0.2) is 54.6 Å². The van der Waals surface area contributed by atoms with Gasteiger partial charge in [0.05, 0.1) is 0 Å². The Morgan fingerprint density at radius 1 is 1.04 bits per heavy atom. The minimum Gasteiger partial charge on any atom is -0.334 e. The van der Waals surface area contributed by atoms with E-state index in [9.17, 15) is 13.6 Å². The summed E-state index contributed by atoms with van der Waals surface area (Å²) in [5.41, 5.74) is 2.91. The number of halogens is 2. The van der Waals surface area contributed by atoms with Crippen LogP contribution in [0.25, 0.3) is 6.08 Å². The van der Waals surface area contributed by atoms with Crippen molar-refractivity contribution < 1.29 is 13.6 Å². The van der Waals surface area contributed by atoms with Crippen LogP contribution in [0.2, 0.25) is 0 Å². The van der Waals surface area contributed by atoms with Gasteiger partial charge in [-0.15, -0.1) is 0 Å². The predicted octanol–water partition coefficient (Wildman–Crippen LogP) is 3.70. The maximum Gasteiger partial charge on any atom is 0.275 e. The van der Waals surface area contributed by atoms with Crippen LogP contribution in [-0.4, -0.2) is 34.1 Å². The fourth-order valence-electron chi connectivity index (χ4n) is 3.90. The third-order valence-electron chi connectivity index (χ3n) is 5.53. The lowest BCUT2D eigenvalue weighted by atomic mass is 9.68. The predicted molar refractivity (Wildman–Crippen MR) is 101 cm³/mol. The number of fused-ring (bicyclic) bond motifs is 1. The SMILES string of the molecule is O=C(c1n[nH]c2c1C=CC(c1ccccc1)(c1ccc(F)c(F)c1)C2)N1CC1. The van der Waals surface area contributed by atoms with Crippen molar-refractivity contribution in [1.29, 1.82) is 0 Å². The van der Waals surface area contributed by atoms with Crippen LogP contribution in [-0.2, 0) is 11.8 Å². The first kappa shape index (κ1) is 16.9. The van der Waals surface area contributed by atoms with E-state index in [4.69, 9.17) is 0 Å². The van der Waals surface area contributed by atoms with Crippen LogP contribution in [0.4, 0.5) is 8.78 Å². The Morgan fingerprint density at radius 2 is 1.82 bits per heavy atom. The first-order chi connectivity index (χ1) is 13.6. The highest BCUT2D eigenvalue weighted by atomic mass is 19.2. The third-order valence-corrected chi connectivity index (χ3v) is 5.53. The molecule has 0 spiro atoms. The molecule has 4 nitrogen and oxygen atoms in total. The molecule has 6 heteroatoms. The van der Waals surface area contributed by atoms with Gasteiger partial charge in [-0.3, -0.25) is 9.89 Å². The second-order valence-corrected chi connectivity index (χ2v) is 7.23. The van der Waals surface area contributed by atoms with E-state index in [2.05, 4.69) is 10.2 Å². The van der Waals surface area contributed by atoms with Gasteiger partial charge in [0.25, 0.3) is 5.91 Å². The van der Waals surface area contributed by atoms with Crippen molar-refractivity contribution in [1.82, 2.24) is 15.1 Å². The van der Waals surface area contributed by atoms with Gasteiger partial charge in [0.2, 0.25) is 0 Å². The van der Waals surface area contributed by atoms with Gasteiger partial charge in [-0.2, -0.15) is 5.10 Å². The van der Waals surface area contributed by atoms with E-state index < -0.39 is 17.0 Å². The monoisotopic (exact) mass is 377 g/mol. The molecule has 1 unspecified atom stereocenters. The number of benzene rings is 2. The van der Waals surface area contributed by atoms with E-state index in [-0.39, 0.29) is 5.91 Å². The van der Waals surface area contributed by atoms with E-state index in [0.717, 1.165) is 36.0 Å². The molecule has 0 bridgehead atoms. The van der Waals surface area contributed by atoms with Gasteiger partial charge >= 0.3 is 0 Å². The Bertz CT molecular complexity index is 1100. The van der Waals surface area contributed by atoms with Crippen molar-refractivity contribution >= 4 is 12.0 Å². The summed E-state index contributed by atoms with van der Waals surface area (Å²) in [5.74, 6) is -1.84. The molecule has 1 aliphatic carbocycles. The van der Waals surface area contributed by atoms with Gasteiger partial charge in [0, 0.05) is 36.2 Å².